The van der Waals surface area contributed by atoms with Crippen molar-refractivity contribution in [2.45, 2.75) is 45.2 Å². The van der Waals surface area contributed by atoms with E-state index in [9.17, 15) is 0 Å². The topological polar surface area (TPSA) is 55.0 Å². The van der Waals surface area contributed by atoms with Crippen molar-refractivity contribution in [3.8, 4) is 0 Å². The molecule has 1 aliphatic carbocycles. The Hall–Kier alpha value is -1.00. The van der Waals surface area contributed by atoms with E-state index in [0.717, 1.165) is 18.8 Å². The second-order valence-electron chi connectivity index (χ2n) is 5.13. The number of rotatable bonds is 5. The van der Waals surface area contributed by atoms with Crippen LogP contribution in [0, 0.1) is 5.92 Å². The van der Waals surface area contributed by atoms with Crippen LogP contribution >= 0.6 is 0 Å². The molecule has 1 aliphatic rings. The lowest BCUT2D eigenvalue weighted by Gasteiger charge is -2.36. The van der Waals surface area contributed by atoms with E-state index in [4.69, 9.17) is 5.73 Å². The van der Waals surface area contributed by atoms with Crippen molar-refractivity contribution < 1.29 is 0 Å². The summed E-state index contributed by atoms with van der Waals surface area (Å²) >= 11 is 0. The molecule has 2 N–H and O–H groups in total. The van der Waals surface area contributed by atoms with Gasteiger partial charge in [-0.3, -0.25) is 14.9 Å². The Labute approximate surface area is 110 Å². The molecule has 1 saturated carbocycles. The van der Waals surface area contributed by atoms with Gasteiger partial charge < -0.3 is 5.73 Å². The molecule has 0 radical (unpaired) electrons. The number of hydrogen-bond donors (Lipinski definition) is 1. The number of nitrogens with zero attached hydrogens (tertiary/aromatic N) is 3. The van der Waals surface area contributed by atoms with Gasteiger partial charge in [-0.1, -0.05) is 13.3 Å². The predicted octanol–water partition coefficient (Wildman–Crippen LogP) is 1.99. The maximum absolute atomic E-state index is 5.90. The lowest BCUT2D eigenvalue weighted by Crippen LogP contribution is -2.42. The fourth-order valence-electron chi connectivity index (χ4n) is 3.22. The third-order valence-corrected chi connectivity index (χ3v) is 4.22. The monoisotopic (exact) mass is 248 g/mol. The predicted molar refractivity (Wildman–Crippen MR) is 73.0 cm³/mol. The van der Waals surface area contributed by atoms with E-state index in [0.29, 0.717) is 18.0 Å². The van der Waals surface area contributed by atoms with Crippen LogP contribution in [0.3, 0.4) is 0 Å². The van der Waals surface area contributed by atoms with Crippen molar-refractivity contribution in [3.05, 3.63) is 24.3 Å². The first-order chi connectivity index (χ1) is 8.77. The van der Waals surface area contributed by atoms with Crippen molar-refractivity contribution in [2.75, 3.05) is 13.1 Å². The molecule has 3 unspecified atom stereocenters. The van der Waals surface area contributed by atoms with Gasteiger partial charge in [0.25, 0.3) is 0 Å². The summed E-state index contributed by atoms with van der Waals surface area (Å²) < 4.78 is 0. The Morgan fingerprint density at radius 3 is 2.89 bits per heavy atom. The zero-order chi connectivity index (χ0) is 13.0. The minimum Gasteiger partial charge on any atom is -0.330 e. The Kier molecular flexibility index (Phi) is 4.66. The lowest BCUT2D eigenvalue weighted by atomic mass is 10.00. The van der Waals surface area contributed by atoms with E-state index in [1.807, 2.05) is 6.20 Å². The number of nitrogens with two attached hydrogens (primary N) is 1. The summed E-state index contributed by atoms with van der Waals surface area (Å²) in [6.07, 6.45) is 9.21. The van der Waals surface area contributed by atoms with E-state index in [1.54, 1.807) is 12.4 Å². The van der Waals surface area contributed by atoms with E-state index in [1.165, 1.54) is 19.3 Å². The zero-order valence-electron chi connectivity index (χ0n) is 11.4. The highest BCUT2D eigenvalue weighted by Crippen LogP contribution is 2.33. The molecule has 0 amide bonds. The van der Waals surface area contributed by atoms with Crippen LogP contribution in [0.4, 0.5) is 0 Å². The molecule has 0 aromatic carbocycles. The van der Waals surface area contributed by atoms with Gasteiger partial charge in [0, 0.05) is 24.6 Å². The average Bonchev–Trinajstić information content (AvgIpc) is 2.89. The summed E-state index contributed by atoms with van der Waals surface area (Å²) in [5.41, 5.74) is 6.96. The van der Waals surface area contributed by atoms with Crippen LogP contribution in [0.25, 0.3) is 0 Å². The molecule has 3 atom stereocenters. The Bertz CT molecular complexity index is 354. The van der Waals surface area contributed by atoms with Gasteiger partial charge in [0.05, 0.1) is 11.7 Å². The fourth-order valence-corrected chi connectivity index (χ4v) is 3.22. The Morgan fingerprint density at radius 1 is 1.44 bits per heavy atom. The van der Waals surface area contributed by atoms with Gasteiger partial charge in [0.1, 0.15) is 0 Å². The summed E-state index contributed by atoms with van der Waals surface area (Å²) in [4.78, 5) is 11.1. The SMILES string of the molecule is CCN(C(C)c1cnccn1)C1CCCC1CN. The van der Waals surface area contributed by atoms with E-state index in [2.05, 4.69) is 28.7 Å². The molecule has 0 aliphatic heterocycles. The summed E-state index contributed by atoms with van der Waals surface area (Å²) in [6, 6.07) is 0.929. The molecular weight excluding hydrogens is 224 g/mol. The highest BCUT2D eigenvalue weighted by Gasteiger charge is 2.33. The third-order valence-electron chi connectivity index (χ3n) is 4.22. The molecule has 18 heavy (non-hydrogen) atoms. The van der Waals surface area contributed by atoms with E-state index < -0.39 is 0 Å². The van der Waals surface area contributed by atoms with Crippen LogP contribution in [0.15, 0.2) is 18.6 Å². The van der Waals surface area contributed by atoms with Gasteiger partial charge >= 0.3 is 0 Å². The average molecular weight is 248 g/mol. The maximum Gasteiger partial charge on any atom is 0.0755 e. The van der Waals surface area contributed by atoms with Crippen molar-refractivity contribution in [3.63, 3.8) is 0 Å². The number of hydrogen-bond acceptors (Lipinski definition) is 4. The summed E-state index contributed by atoms with van der Waals surface area (Å²) in [5, 5.41) is 0. The van der Waals surface area contributed by atoms with Gasteiger partial charge in [0.15, 0.2) is 0 Å². The number of aromatic nitrogens is 2. The largest absolute Gasteiger partial charge is 0.330 e. The van der Waals surface area contributed by atoms with Crippen LogP contribution in [0.5, 0.6) is 0 Å². The summed E-state index contributed by atoms with van der Waals surface area (Å²) in [7, 11) is 0. The highest BCUT2D eigenvalue weighted by atomic mass is 15.2. The quantitative estimate of drug-likeness (QED) is 0.865. The molecule has 2 rings (SSSR count). The van der Waals surface area contributed by atoms with E-state index >= 15 is 0 Å². The molecule has 1 aromatic heterocycles. The van der Waals surface area contributed by atoms with Crippen molar-refractivity contribution in [1.29, 1.82) is 0 Å². The smallest absolute Gasteiger partial charge is 0.0755 e. The van der Waals surface area contributed by atoms with Crippen LogP contribution in [0.2, 0.25) is 0 Å². The summed E-state index contributed by atoms with van der Waals surface area (Å²) in [5.74, 6) is 0.643. The minimum absolute atomic E-state index is 0.320. The molecule has 1 heterocycles. The lowest BCUT2D eigenvalue weighted by molar-refractivity contribution is 0.121. The molecule has 0 spiro atoms. The first-order valence-corrected chi connectivity index (χ1v) is 6.99. The second kappa shape index (κ2) is 6.25. The first kappa shape index (κ1) is 13.4. The Balaban J connectivity index is 2.13. The van der Waals surface area contributed by atoms with Gasteiger partial charge in [-0.05, 0) is 38.8 Å². The second-order valence-corrected chi connectivity index (χ2v) is 5.13. The third kappa shape index (κ3) is 2.70. The normalized spacial score (nSPS) is 25.6. The molecule has 4 nitrogen and oxygen atoms in total. The maximum atomic E-state index is 5.90. The minimum atomic E-state index is 0.320. The first-order valence-electron chi connectivity index (χ1n) is 6.99. The highest BCUT2D eigenvalue weighted by molar-refractivity contribution is 5.03. The molecular formula is C14H24N4. The van der Waals surface area contributed by atoms with Crippen molar-refractivity contribution >= 4 is 0 Å². The summed E-state index contributed by atoms with van der Waals surface area (Å²) in [6.45, 7) is 6.28. The van der Waals surface area contributed by atoms with Crippen LogP contribution in [-0.2, 0) is 0 Å². The molecule has 1 fully saturated rings. The van der Waals surface area contributed by atoms with Gasteiger partial charge in [0.2, 0.25) is 0 Å². The van der Waals surface area contributed by atoms with Crippen LogP contribution < -0.4 is 5.73 Å². The standard InChI is InChI=1S/C14H24N4/c1-3-18(14-6-4-5-12(14)9-15)11(2)13-10-16-7-8-17-13/h7-8,10-12,14H,3-6,9,15H2,1-2H3. The Morgan fingerprint density at radius 2 is 2.28 bits per heavy atom. The van der Waals surface area contributed by atoms with Crippen molar-refractivity contribution in [1.82, 2.24) is 14.9 Å². The van der Waals surface area contributed by atoms with Gasteiger partial charge in [-0.2, -0.15) is 0 Å². The van der Waals surface area contributed by atoms with Gasteiger partial charge in [-0.25, -0.2) is 0 Å². The van der Waals surface area contributed by atoms with Crippen LogP contribution in [-0.4, -0.2) is 34.0 Å². The molecule has 0 bridgehead atoms. The fraction of sp³-hybridized carbons (Fsp3) is 0.714. The van der Waals surface area contributed by atoms with Crippen molar-refractivity contribution in [2.24, 2.45) is 11.7 Å². The van der Waals surface area contributed by atoms with E-state index in [-0.39, 0.29) is 0 Å². The molecule has 0 saturated heterocycles. The zero-order valence-corrected chi connectivity index (χ0v) is 11.4. The molecule has 1 aromatic rings. The van der Waals surface area contributed by atoms with Crippen LogP contribution in [0.1, 0.15) is 44.8 Å². The molecule has 100 valence electrons. The molecule has 4 heteroatoms. The van der Waals surface area contributed by atoms with Gasteiger partial charge in [-0.15, -0.1) is 0 Å².